The maximum atomic E-state index is 10.7. The molecule has 0 fully saturated rings. The quantitative estimate of drug-likeness (QED) is 0.278. The third-order valence-corrected chi connectivity index (χ3v) is 1.42. The summed E-state index contributed by atoms with van der Waals surface area (Å²) in [5.74, 6) is 6.20. The average molecular weight is 182 g/mol. The van der Waals surface area contributed by atoms with Crippen LogP contribution in [0.4, 0.5) is 0 Å². The molecule has 12 heavy (non-hydrogen) atoms. The molecule has 0 amide bonds. The summed E-state index contributed by atoms with van der Waals surface area (Å²) in [5.41, 5.74) is 0.720. The molecule has 0 unspecified atom stereocenters. The Labute approximate surface area is 76.4 Å². The maximum Gasteiger partial charge on any atom is 0.195 e. The lowest BCUT2D eigenvalue weighted by atomic mass is 10.3. The molecule has 1 heterocycles. The molecular formula is C9H8ClNO. The van der Waals surface area contributed by atoms with Gasteiger partial charge >= 0.3 is 0 Å². The van der Waals surface area contributed by atoms with Gasteiger partial charge in [0.1, 0.15) is 0 Å². The molecule has 0 saturated carbocycles. The summed E-state index contributed by atoms with van der Waals surface area (Å²) in [4.78, 5) is 0. The summed E-state index contributed by atoms with van der Waals surface area (Å²) in [6, 6.07) is 3.45. The van der Waals surface area contributed by atoms with Gasteiger partial charge in [0.15, 0.2) is 12.4 Å². The molecule has 0 aromatic carbocycles. The Morgan fingerprint density at radius 2 is 2.42 bits per heavy atom. The van der Waals surface area contributed by atoms with Gasteiger partial charge in [0.05, 0.1) is 5.56 Å². The zero-order chi connectivity index (χ0) is 8.81. The number of hydrogen-bond donors (Lipinski definition) is 0. The van der Waals surface area contributed by atoms with E-state index < -0.39 is 0 Å². The van der Waals surface area contributed by atoms with Crippen LogP contribution in [0.1, 0.15) is 12.0 Å². The van der Waals surface area contributed by atoms with E-state index in [2.05, 4.69) is 11.8 Å². The lowest BCUT2D eigenvalue weighted by Gasteiger charge is -1.92. The van der Waals surface area contributed by atoms with E-state index >= 15 is 0 Å². The Morgan fingerprint density at radius 3 is 3.08 bits per heavy atom. The van der Waals surface area contributed by atoms with E-state index in [4.69, 9.17) is 11.6 Å². The SMILES string of the molecule is [O-][n+]1cccc(C#CCCCl)c1. The monoisotopic (exact) mass is 181 g/mol. The van der Waals surface area contributed by atoms with Gasteiger partial charge in [-0.15, -0.1) is 11.6 Å². The van der Waals surface area contributed by atoms with E-state index in [0.717, 1.165) is 10.3 Å². The van der Waals surface area contributed by atoms with Crippen LogP contribution in [0, 0.1) is 17.0 Å². The van der Waals surface area contributed by atoms with Gasteiger partial charge in [0, 0.05) is 18.4 Å². The minimum absolute atomic E-state index is 0.525. The Bertz CT molecular complexity index is 314. The Morgan fingerprint density at radius 1 is 1.58 bits per heavy atom. The summed E-state index contributed by atoms with van der Waals surface area (Å²) < 4.78 is 0.727. The van der Waals surface area contributed by atoms with Crippen LogP contribution in [0.2, 0.25) is 0 Å². The van der Waals surface area contributed by atoms with Crippen molar-refractivity contribution in [3.8, 4) is 11.8 Å². The number of alkyl halides is 1. The summed E-state index contributed by atoms with van der Waals surface area (Å²) in [6.07, 6.45) is 3.50. The number of rotatable bonds is 1. The van der Waals surface area contributed by atoms with Crippen LogP contribution in [0.5, 0.6) is 0 Å². The number of hydrogen-bond acceptors (Lipinski definition) is 1. The highest BCUT2D eigenvalue weighted by atomic mass is 35.5. The van der Waals surface area contributed by atoms with Gasteiger partial charge in [-0.1, -0.05) is 11.8 Å². The van der Waals surface area contributed by atoms with E-state index in [0.29, 0.717) is 12.3 Å². The Balaban J connectivity index is 2.71. The van der Waals surface area contributed by atoms with E-state index in [1.807, 2.05) is 0 Å². The van der Waals surface area contributed by atoms with Crippen molar-refractivity contribution in [2.24, 2.45) is 0 Å². The Hall–Kier alpha value is -1.20. The second kappa shape index (κ2) is 4.63. The van der Waals surface area contributed by atoms with Crippen LogP contribution in [0.15, 0.2) is 24.5 Å². The van der Waals surface area contributed by atoms with Crippen molar-refractivity contribution in [3.63, 3.8) is 0 Å². The van der Waals surface area contributed by atoms with E-state index in [1.165, 1.54) is 12.4 Å². The number of aromatic nitrogens is 1. The zero-order valence-electron chi connectivity index (χ0n) is 6.46. The summed E-state index contributed by atoms with van der Waals surface area (Å²) in [7, 11) is 0. The first-order valence-corrected chi connectivity index (χ1v) is 4.10. The van der Waals surface area contributed by atoms with Crippen molar-refractivity contribution in [2.45, 2.75) is 6.42 Å². The van der Waals surface area contributed by atoms with Crippen molar-refractivity contribution in [1.29, 1.82) is 0 Å². The molecule has 0 saturated heterocycles. The normalized spacial score (nSPS) is 8.75. The van der Waals surface area contributed by atoms with Gasteiger partial charge in [-0.3, -0.25) is 0 Å². The van der Waals surface area contributed by atoms with Gasteiger partial charge in [0.25, 0.3) is 0 Å². The highest BCUT2D eigenvalue weighted by molar-refractivity contribution is 6.18. The fourth-order valence-corrected chi connectivity index (χ4v) is 0.835. The zero-order valence-corrected chi connectivity index (χ0v) is 7.21. The molecule has 0 aliphatic carbocycles. The van der Waals surface area contributed by atoms with Gasteiger partial charge in [0.2, 0.25) is 0 Å². The first-order valence-electron chi connectivity index (χ1n) is 3.56. The summed E-state index contributed by atoms with van der Waals surface area (Å²) >= 11 is 5.43. The standard InChI is InChI=1S/C9H8ClNO/c10-6-2-1-4-9-5-3-7-11(12)8-9/h3,5,7-8H,2,6H2. The molecule has 3 heteroatoms. The van der Waals surface area contributed by atoms with Crippen LogP contribution in [-0.2, 0) is 0 Å². The first-order chi connectivity index (χ1) is 5.83. The number of nitrogens with zero attached hydrogens (tertiary/aromatic N) is 1. The minimum Gasteiger partial charge on any atom is -0.619 e. The van der Waals surface area contributed by atoms with Gasteiger partial charge < -0.3 is 5.21 Å². The molecule has 2 nitrogen and oxygen atoms in total. The van der Waals surface area contributed by atoms with Crippen molar-refractivity contribution >= 4 is 11.6 Å². The molecule has 0 aliphatic heterocycles. The second-order valence-corrected chi connectivity index (χ2v) is 2.57. The van der Waals surface area contributed by atoms with E-state index in [1.54, 1.807) is 12.1 Å². The third-order valence-electron chi connectivity index (χ3n) is 1.23. The maximum absolute atomic E-state index is 10.7. The molecule has 0 aliphatic rings. The third kappa shape index (κ3) is 2.81. The highest BCUT2D eigenvalue weighted by Crippen LogP contribution is 1.90. The summed E-state index contributed by atoms with van der Waals surface area (Å²) in [6.45, 7) is 0. The lowest BCUT2D eigenvalue weighted by molar-refractivity contribution is -0.605. The van der Waals surface area contributed by atoms with Crippen LogP contribution < -0.4 is 4.73 Å². The molecular weight excluding hydrogens is 174 g/mol. The van der Waals surface area contributed by atoms with Crippen molar-refractivity contribution < 1.29 is 4.73 Å². The van der Waals surface area contributed by atoms with Gasteiger partial charge in [-0.2, -0.15) is 4.73 Å². The molecule has 1 rings (SSSR count). The van der Waals surface area contributed by atoms with Crippen molar-refractivity contribution in [1.82, 2.24) is 0 Å². The fraction of sp³-hybridized carbons (Fsp3) is 0.222. The Kier molecular flexibility index (Phi) is 3.43. The molecule has 0 spiro atoms. The largest absolute Gasteiger partial charge is 0.619 e. The molecule has 0 radical (unpaired) electrons. The molecule has 1 aromatic rings. The predicted octanol–water partition coefficient (Wildman–Crippen LogP) is 1.30. The topological polar surface area (TPSA) is 26.9 Å². The highest BCUT2D eigenvalue weighted by Gasteiger charge is 1.90. The second-order valence-electron chi connectivity index (χ2n) is 2.19. The molecule has 62 valence electrons. The fourth-order valence-electron chi connectivity index (χ4n) is 0.740. The van der Waals surface area contributed by atoms with E-state index in [9.17, 15) is 5.21 Å². The van der Waals surface area contributed by atoms with E-state index in [-0.39, 0.29) is 0 Å². The molecule has 0 atom stereocenters. The smallest absolute Gasteiger partial charge is 0.195 e. The average Bonchev–Trinajstić information content (AvgIpc) is 2.05. The number of halogens is 1. The molecule has 0 bridgehead atoms. The molecule has 1 aromatic heterocycles. The van der Waals surface area contributed by atoms with Crippen LogP contribution >= 0.6 is 11.6 Å². The van der Waals surface area contributed by atoms with Gasteiger partial charge in [-0.25, -0.2) is 0 Å². The number of pyridine rings is 1. The van der Waals surface area contributed by atoms with Crippen LogP contribution in [0.3, 0.4) is 0 Å². The predicted molar refractivity (Wildman–Crippen MR) is 47.6 cm³/mol. The van der Waals surface area contributed by atoms with Crippen molar-refractivity contribution in [3.05, 3.63) is 35.3 Å². The summed E-state index contributed by atoms with van der Waals surface area (Å²) in [5, 5.41) is 10.7. The molecule has 0 N–H and O–H groups in total. The first kappa shape index (κ1) is 8.89. The van der Waals surface area contributed by atoms with Crippen LogP contribution in [-0.4, -0.2) is 5.88 Å². The minimum atomic E-state index is 0.525. The van der Waals surface area contributed by atoms with Crippen LogP contribution in [0.25, 0.3) is 0 Å². The van der Waals surface area contributed by atoms with Crippen molar-refractivity contribution in [2.75, 3.05) is 5.88 Å². The lowest BCUT2D eigenvalue weighted by Crippen LogP contribution is -2.24. The van der Waals surface area contributed by atoms with Gasteiger partial charge in [-0.05, 0) is 6.07 Å².